The van der Waals surface area contributed by atoms with Gasteiger partial charge in [0.25, 0.3) is 0 Å². The first-order valence-electron chi connectivity index (χ1n) is 4.94. The first-order valence-corrected chi connectivity index (χ1v) is 4.94. The minimum atomic E-state index is 0.312. The predicted molar refractivity (Wildman–Crippen MR) is 51.1 cm³/mol. The summed E-state index contributed by atoms with van der Waals surface area (Å²) < 4.78 is 0. The minimum absolute atomic E-state index is 0.312. The summed E-state index contributed by atoms with van der Waals surface area (Å²) in [6.07, 6.45) is 6.56. The Morgan fingerprint density at radius 1 is 1.54 bits per heavy atom. The van der Waals surface area contributed by atoms with Gasteiger partial charge in [0.05, 0.1) is 13.2 Å². The van der Waals surface area contributed by atoms with E-state index in [0.29, 0.717) is 18.5 Å². The molecule has 0 spiro atoms. The number of carbonyl (C=O) groups excluding carboxylic acids is 1. The highest BCUT2D eigenvalue weighted by molar-refractivity contribution is 5.80. The van der Waals surface area contributed by atoms with Crippen LogP contribution in [0.25, 0.3) is 0 Å². The molecule has 1 aliphatic heterocycles. The van der Waals surface area contributed by atoms with Gasteiger partial charge >= 0.3 is 0 Å². The van der Waals surface area contributed by atoms with E-state index < -0.39 is 0 Å². The monoisotopic (exact) mass is 180 g/mol. The Bertz CT molecular complexity index is 233. The van der Waals surface area contributed by atoms with E-state index in [1.165, 1.54) is 12.8 Å². The molecule has 0 N–H and O–H groups in total. The van der Waals surface area contributed by atoms with Gasteiger partial charge in [-0.15, -0.1) is 0 Å². The number of rotatable bonds is 3. The van der Waals surface area contributed by atoms with Crippen LogP contribution in [-0.2, 0) is 4.79 Å². The molecule has 1 heterocycles. The van der Waals surface area contributed by atoms with Crippen LogP contribution in [0.2, 0.25) is 0 Å². The molecule has 2 aliphatic rings. The zero-order valence-electron chi connectivity index (χ0n) is 8.07. The zero-order chi connectivity index (χ0) is 9.26. The third kappa shape index (κ3) is 1.91. The topological polar surface area (TPSA) is 23.6 Å². The second-order valence-electron chi connectivity index (χ2n) is 3.82. The fourth-order valence-corrected chi connectivity index (χ4v) is 1.71. The summed E-state index contributed by atoms with van der Waals surface area (Å²) in [6, 6.07) is 0.572. The Balaban J connectivity index is 1.86. The fraction of sp³-hybridized carbons (Fsp3) is 0.700. The number of hydrogen-bond acceptors (Lipinski definition) is 2. The number of amides is 1. The van der Waals surface area contributed by atoms with E-state index in [1.54, 1.807) is 0 Å². The van der Waals surface area contributed by atoms with Gasteiger partial charge in [-0.25, -0.2) is 0 Å². The SMILES string of the molecule is C/C=C/CN1CC(=O)N(C2CC2)C1. The van der Waals surface area contributed by atoms with Crippen molar-refractivity contribution in [3.63, 3.8) is 0 Å². The number of allylic oxidation sites excluding steroid dienone is 1. The van der Waals surface area contributed by atoms with E-state index in [4.69, 9.17) is 0 Å². The van der Waals surface area contributed by atoms with Crippen molar-refractivity contribution < 1.29 is 4.79 Å². The molecule has 0 radical (unpaired) electrons. The van der Waals surface area contributed by atoms with E-state index in [0.717, 1.165) is 13.2 Å². The molecule has 72 valence electrons. The summed E-state index contributed by atoms with van der Waals surface area (Å²) in [6.45, 7) is 4.37. The molecule has 2 rings (SSSR count). The Hall–Kier alpha value is -0.830. The van der Waals surface area contributed by atoms with Crippen molar-refractivity contribution in [3.05, 3.63) is 12.2 Å². The van der Waals surface area contributed by atoms with Crippen LogP contribution in [-0.4, -0.2) is 41.5 Å². The quantitative estimate of drug-likeness (QED) is 0.600. The summed E-state index contributed by atoms with van der Waals surface area (Å²) in [5, 5.41) is 0. The summed E-state index contributed by atoms with van der Waals surface area (Å²) in [7, 11) is 0. The molecule has 0 unspecified atom stereocenters. The molecule has 1 aliphatic carbocycles. The lowest BCUT2D eigenvalue weighted by Gasteiger charge is -2.15. The van der Waals surface area contributed by atoms with Crippen molar-refractivity contribution in [1.29, 1.82) is 0 Å². The van der Waals surface area contributed by atoms with Gasteiger partial charge in [0, 0.05) is 12.6 Å². The molecule has 1 saturated heterocycles. The standard InChI is InChI=1S/C10H16N2O/c1-2-3-6-11-7-10(13)12(8-11)9-4-5-9/h2-3,9H,4-8H2,1H3/b3-2+. The van der Waals surface area contributed by atoms with Gasteiger partial charge in [-0.3, -0.25) is 9.69 Å². The molecule has 13 heavy (non-hydrogen) atoms. The molecule has 1 amide bonds. The van der Waals surface area contributed by atoms with E-state index in [2.05, 4.69) is 11.0 Å². The van der Waals surface area contributed by atoms with Crippen molar-refractivity contribution in [2.24, 2.45) is 0 Å². The maximum absolute atomic E-state index is 11.5. The molecule has 0 aromatic heterocycles. The molecule has 0 aromatic carbocycles. The normalized spacial score (nSPS) is 25.0. The molecule has 1 saturated carbocycles. The van der Waals surface area contributed by atoms with Crippen LogP contribution in [0.3, 0.4) is 0 Å². The summed E-state index contributed by atoms with van der Waals surface area (Å²) >= 11 is 0. The predicted octanol–water partition coefficient (Wildman–Crippen LogP) is 0.827. The highest BCUT2D eigenvalue weighted by Gasteiger charge is 2.37. The van der Waals surface area contributed by atoms with Crippen molar-refractivity contribution in [2.45, 2.75) is 25.8 Å². The van der Waals surface area contributed by atoms with Crippen molar-refractivity contribution in [2.75, 3.05) is 19.8 Å². The zero-order valence-corrected chi connectivity index (χ0v) is 8.07. The molecule has 0 atom stereocenters. The third-order valence-corrected chi connectivity index (χ3v) is 2.62. The first-order chi connectivity index (χ1) is 6.31. The van der Waals surface area contributed by atoms with Gasteiger partial charge in [0.1, 0.15) is 0 Å². The lowest BCUT2D eigenvalue weighted by molar-refractivity contribution is -0.127. The van der Waals surface area contributed by atoms with Crippen LogP contribution >= 0.6 is 0 Å². The summed E-state index contributed by atoms with van der Waals surface area (Å²) in [4.78, 5) is 15.7. The number of nitrogens with zero attached hydrogens (tertiary/aromatic N) is 2. The van der Waals surface area contributed by atoms with Crippen LogP contribution in [0.5, 0.6) is 0 Å². The van der Waals surface area contributed by atoms with Gasteiger partial charge < -0.3 is 4.90 Å². The number of carbonyl (C=O) groups is 1. The summed E-state index contributed by atoms with van der Waals surface area (Å²) in [5.74, 6) is 0.312. The highest BCUT2D eigenvalue weighted by Crippen LogP contribution is 2.29. The molecule has 0 aromatic rings. The minimum Gasteiger partial charge on any atom is -0.326 e. The molecular formula is C10H16N2O. The first kappa shape index (κ1) is 8.75. The average molecular weight is 180 g/mol. The molecule has 3 heteroatoms. The number of hydrogen-bond donors (Lipinski definition) is 0. The van der Waals surface area contributed by atoms with Crippen molar-refractivity contribution >= 4 is 5.91 Å². The second-order valence-corrected chi connectivity index (χ2v) is 3.82. The van der Waals surface area contributed by atoms with Crippen LogP contribution in [0, 0.1) is 0 Å². The van der Waals surface area contributed by atoms with Gasteiger partial charge in [0.15, 0.2) is 0 Å². The van der Waals surface area contributed by atoms with Crippen molar-refractivity contribution in [1.82, 2.24) is 9.80 Å². The Kier molecular flexibility index (Phi) is 2.36. The highest BCUT2D eigenvalue weighted by atomic mass is 16.2. The lowest BCUT2D eigenvalue weighted by atomic mass is 10.5. The van der Waals surface area contributed by atoms with E-state index in [9.17, 15) is 4.79 Å². The average Bonchev–Trinajstić information content (AvgIpc) is 2.88. The molecular weight excluding hydrogens is 164 g/mol. The Labute approximate surface area is 79.0 Å². The van der Waals surface area contributed by atoms with Crippen LogP contribution < -0.4 is 0 Å². The van der Waals surface area contributed by atoms with E-state index >= 15 is 0 Å². The van der Waals surface area contributed by atoms with Gasteiger partial charge in [-0.05, 0) is 19.8 Å². The summed E-state index contributed by atoms with van der Waals surface area (Å²) in [5.41, 5.74) is 0. The maximum atomic E-state index is 11.5. The largest absolute Gasteiger partial charge is 0.326 e. The van der Waals surface area contributed by atoms with Crippen molar-refractivity contribution in [3.8, 4) is 0 Å². The van der Waals surface area contributed by atoms with Gasteiger partial charge in [-0.1, -0.05) is 12.2 Å². The van der Waals surface area contributed by atoms with Crippen LogP contribution in [0.15, 0.2) is 12.2 Å². The second kappa shape index (κ2) is 3.50. The van der Waals surface area contributed by atoms with E-state index in [1.807, 2.05) is 17.9 Å². The van der Waals surface area contributed by atoms with Gasteiger partial charge in [-0.2, -0.15) is 0 Å². The van der Waals surface area contributed by atoms with Gasteiger partial charge in [0.2, 0.25) is 5.91 Å². The fourth-order valence-electron chi connectivity index (χ4n) is 1.71. The Morgan fingerprint density at radius 3 is 2.92 bits per heavy atom. The van der Waals surface area contributed by atoms with Crippen LogP contribution in [0.1, 0.15) is 19.8 Å². The third-order valence-electron chi connectivity index (χ3n) is 2.62. The van der Waals surface area contributed by atoms with E-state index in [-0.39, 0.29) is 0 Å². The molecule has 2 fully saturated rings. The molecule has 3 nitrogen and oxygen atoms in total. The maximum Gasteiger partial charge on any atom is 0.238 e. The van der Waals surface area contributed by atoms with Crippen LogP contribution in [0.4, 0.5) is 0 Å². The molecule has 0 bridgehead atoms. The lowest BCUT2D eigenvalue weighted by Crippen LogP contribution is -2.29. The smallest absolute Gasteiger partial charge is 0.238 e. The Morgan fingerprint density at radius 2 is 2.31 bits per heavy atom.